The molecule has 0 aromatic carbocycles. The van der Waals surface area contributed by atoms with Gasteiger partial charge in [0, 0.05) is 38.6 Å². The van der Waals surface area contributed by atoms with E-state index >= 15 is 0 Å². The molecule has 0 radical (unpaired) electrons. The third-order valence-electron chi connectivity index (χ3n) is 4.07. The van der Waals surface area contributed by atoms with E-state index in [1.807, 2.05) is 14.0 Å². The van der Waals surface area contributed by atoms with Crippen molar-refractivity contribution in [2.75, 3.05) is 18.0 Å². The predicted molar refractivity (Wildman–Crippen MR) is 88.4 cm³/mol. The molecule has 0 saturated carbocycles. The van der Waals surface area contributed by atoms with Gasteiger partial charge in [-0.3, -0.25) is 0 Å². The third kappa shape index (κ3) is 3.79. The van der Waals surface area contributed by atoms with Crippen molar-refractivity contribution in [3.63, 3.8) is 0 Å². The fourth-order valence-electron chi connectivity index (χ4n) is 2.90. The molecule has 24 heavy (non-hydrogen) atoms. The number of hydrogen-bond donors (Lipinski definition) is 2. The second-order valence-corrected chi connectivity index (χ2v) is 5.97. The van der Waals surface area contributed by atoms with Crippen LogP contribution in [-0.4, -0.2) is 49.9 Å². The summed E-state index contributed by atoms with van der Waals surface area (Å²) in [6.07, 6.45) is 7.00. The van der Waals surface area contributed by atoms with Crippen LogP contribution in [0.15, 0.2) is 24.8 Å². The van der Waals surface area contributed by atoms with Crippen LogP contribution in [0.1, 0.15) is 31.6 Å². The number of carbonyl (C=O) groups is 1. The molecule has 128 valence electrons. The van der Waals surface area contributed by atoms with Gasteiger partial charge in [-0.15, -0.1) is 10.2 Å². The lowest BCUT2D eigenvalue weighted by Crippen LogP contribution is -2.51. The van der Waals surface area contributed by atoms with Gasteiger partial charge in [0.25, 0.3) is 0 Å². The summed E-state index contributed by atoms with van der Waals surface area (Å²) in [5.41, 5.74) is 0. The number of carbonyl (C=O) groups excluding carboxylic acids is 1. The lowest BCUT2D eigenvalue weighted by molar-refractivity contribution is 0.231. The largest absolute Gasteiger partial charge is 0.339 e. The minimum absolute atomic E-state index is 0.0641. The number of nitrogens with zero attached hydrogens (tertiary/aromatic N) is 6. The Morgan fingerprint density at radius 2 is 2.17 bits per heavy atom. The van der Waals surface area contributed by atoms with E-state index in [2.05, 4.69) is 35.7 Å². The highest BCUT2D eigenvalue weighted by Crippen LogP contribution is 2.15. The van der Waals surface area contributed by atoms with Crippen LogP contribution in [0.3, 0.4) is 0 Å². The molecule has 2 amide bonds. The zero-order chi connectivity index (χ0) is 16.9. The van der Waals surface area contributed by atoms with Crippen LogP contribution < -0.4 is 15.5 Å². The van der Waals surface area contributed by atoms with Crippen molar-refractivity contribution >= 4 is 12.0 Å². The molecule has 3 rings (SSSR count). The fourth-order valence-corrected chi connectivity index (χ4v) is 2.90. The van der Waals surface area contributed by atoms with Gasteiger partial charge in [0.05, 0.1) is 6.04 Å². The molecule has 3 heterocycles. The maximum atomic E-state index is 12.2. The van der Waals surface area contributed by atoms with Crippen LogP contribution in [0.2, 0.25) is 0 Å². The molecule has 0 spiro atoms. The van der Waals surface area contributed by atoms with Gasteiger partial charge in [-0.25, -0.2) is 14.8 Å². The zero-order valence-electron chi connectivity index (χ0n) is 13.9. The van der Waals surface area contributed by atoms with Crippen molar-refractivity contribution in [1.29, 1.82) is 0 Å². The highest BCUT2D eigenvalue weighted by atomic mass is 16.2. The first-order chi connectivity index (χ1) is 11.6. The van der Waals surface area contributed by atoms with E-state index < -0.39 is 0 Å². The van der Waals surface area contributed by atoms with Crippen LogP contribution in [0.5, 0.6) is 0 Å². The SMILES string of the molecule is C[C@H](NC(=O)N[C@@H]1CCCN(c2ncccn2)C1)c1nncn1C. The average molecular weight is 330 g/mol. The molecule has 2 atom stereocenters. The van der Waals surface area contributed by atoms with E-state index in [0.717, 1.165) is 19.4 Å². The summed E-state index contributed by atoms with van der Waals surface area (Å²) in [5.74, 6) is 1.42. The lowest BCUT2D eigenvalue weighted by Gasteiger charge is -2.33. The minimum Gasteiger partial charge on any atom is -0.339 e. The van der Waals surface area contributed by atoms with Crippen LogP contribution in [0.4, 0.5) is 10.7 Å². The smallest absolute Gasteiger partial charge is 0.315 e. The van der Waals surface area contributed by atoms with Crippen molar-refractivity contribution in [3.05, 3.63) is 30.6 Å². The standard InChI is InChI=1S/C15H22N8O/c1-11(13-21-18-10-22(13)2)19-15(24)20-12-5-3-8-23(9-12)14-16-6-4-7-17-14/h4,6-7,10-12H,3,5,8-9H2,1-2H3,(H2,19,20,24)/t11-,12+/m0/s1. The Labute approximate surface area is 140 Å². The highest BCUT2D eigenvalue weighted by Gasteiger charge is 2.24. The number of piperidine rings is 1. The first-order valence-corrected chi connectivity index (χ1v) is 8.06. The van der Waals surface area contributed by atoms with Crippen LogP contribution in [0, 0.1) is 0 Å². The van der Waals surface area contributed by atoms with Crippen molar-refractivity contribution in [3.8, 4) is 0 Å². The Kier molecular flexibility index (Phi) is 4.88. The molecule has 1 saturated heterocycles. The molecule has 1 fully saturated rings. The zero-order valence-corrected chi connectivity index (χ0v) is 13.9. The number of aromatic nitrogens is 5. The van der Waals surface area contributed by atoms with E-state index in [4.69, 9.17) is 0 Å². The Bertz CT molecular complexity index is 673. The normalized spacial score (nSPS) is 18.9. The predicted octanol–water partition coefficient (Wildman–Crippen LogP) is 0.634. The van der Waals surface area contributed by atoms with Gasteiger partial charge in [-0.05, 0) is 25.8 Å². The van der Waals surface area contributed by atoms with Gasteiger partial charge in [0.1, 0.15) is 6.33 Å². The molecule has 1 aliphatic heterocycles. The Morgan fingerprint density at radius 3 is 2.88 bits per heavy atom. The molecule has 9 heteroatoms. The quantitative estimate of drug-likeness (QED) is 0.853. The molecular weight excluding hydrogens is 308 g/mol. The molecule has 1 aliphatic rings. The Morgan fingerprint density at radius 1 is 1.38 bits per heavy atom. The molecule has 2 aromatic rings. The van der Waals surface area contributed by atoms with Crippen molar-refractivity contribution < 1.29 is 4.79 Å². The Hall–Kier alpha value is -2.71. The molecule has 0 unspecified atom stereocenters. The second-order valence-electron chi connectivity index (χ2n) is 5.97. The summed E-state index contributed by atoms with van der Waals surface area (Å²) in [5, 5.41) is 13.8. The Balaban J connectivity index is 1.53. The van der Waals surface area contributed by atoms with Crippen molar-refractivity contribution in [2.24, 2.45) is 7.05 Å². The number of nitrogens with one attached hydrogen (secondary N) is 2. The van der Waals surface area contributed by atoms with Gasteiger partial charge in [-0.2, -0.15) is 0 Å². The highest BCUT2D eigenvalue weighted by molar-refractivity contribution is 5.74. The van der Waals surface area contributed by atoms with E-state index in [0.29, 0.717) is 18.3 Å². The van der Waals surface area contributed by atoms with Gasteiger partial charge >= 0.3 is 6.03 Å². The van der Waals surface area contributed by atoms with Gasteiger partial charge in [-0.1, -0.05) is 0 Å². The van der Waals surface area contributed by atoms with Gasteiger partial charge in [0.15, 0.2) is 5.82 Å². The number of amides is 2. The molecule has 2 aromatic heterocycles. The molecule has 9 nitrogen and oxygen atoms in total. The summed E-state index contributed by atoms with van der Waals surface area (Å²) in [6, 6.07) is 1.44. The molecule has 0 aliphatic carbocycles. The summed E-state index contributed by atoms with van der Waals surface area (Å²) in [6.45, 7) is 3.49. The van der Waals surface area contributed by atoms with Crippen molar-refractivity contribution in [1.82, 2.24) is 35.4 Å². The average Bonchev–Trinajstić information content (AvgIpc) is 3.02. The van der Waals surface area contributed by atoms with Gasteiger partial charge < -0.3 is 20.1 Å². The number of aryl methyl sites for hydroxylation is 1. The number of hydrogen-bond acceptors (Lipinski definition) is 6. The maximum absolute atomic E-state index is 12.2. The molecular formula is C15H22N8O. The first kappa shape index (κ1) is 16.2. The van der Waals surface area contributed by atoms with E-state index in [1.165, 1.54) is 0 Å². The first-order valence-electron chi connectivity index (χ1n) is 8.06. The summed E-state index contributed by atoms with van der Waals surface area (Å²) in [4.78, 5) is 22.9. The van der Waals surface area contributed by atoms with E-state index in [1.54, 1.807) is 29.4 Å². The van der Waals surface area contributed by atoms with Crippen LogP contribution in [0.25, 0.3) is 0 Å². The summed E-state index contributed by atoms with van der Waals surface area (Å²) < 4.78 is 1.79. The lowest BCUT2D eigenvalue weighted by atomic mass is 10.1. The number of urea groups is 1. The molecule has 2 N–H and O–H groups in total. The van der Waals surface area contributed by atoms with E-state index in [9.17, 15) is 4.79 Å². The summed E-state index contributed by atoms with van der Waals surface area (Å²) in [7, 11) is 1.85. The minimum atomic E-state index is -0.213. The monoisotopic (exact) mass is 330 g/mol. The van der Waals surface area contributed by atoms with Crippen LogP contribution >= 0.6 is 0 Å². The summed E-state index contributed by atoms with van der Waals surface area (Å²) >= 11 is 0. The number of rotatable bonds is 4. The molecule has 0 bridgehead atoms. The van der Waals surface area contributed by atoms with E-state index in [-0.39, 0.29) is 18.1 Å². The third-order valence-corrected chi connectivity index (χ3v) is 4.07. The van der Waals surface area contributed by atoms with Crippen molar-refractivity contribution in [2.45, 2.75) is 31.8 Å². The van der Waals surface area contributed by atoms with Gasteiger partial charge in [0.2, 0.25) is 5.95 Å². The number of anilines is 1. The second kappa shape index (κ2) is 7.24. The maximum Gasteiger partial charge on any atom is 0.315 e. The topological polar surface area (TPSA) is 101 Å². The fraction of sp³-hybridized carbons (Fsp3) is 0.533. The van der Waals surface area contributed by atoms with Crippen LogP contribution in [-0.2, 0) is 7.05 Å².